The summed E-state index contributed by atoms with van der Waals surface area (Å²) in [5.74, 6) is 0.778. The van der Waals surface area contributed by atoms with Crippen LogP contribution in [0.4, 0.5) is 0 Å². The van der Waals surface area contributed by atoms with E-state index in [1.165, 1.54) is 0 Å². The fourth-order valence-corrected chi connectivity index (χ4v) is 1.60. The molecule has 0 aliphatic carbocycles. The Kier molecular flexibility index (Phi) is 3.76. The molecule has 90 valence electrons. The van der Waals surface area contributed by atoms with Gasteiger partial charge in [0.2, 0.25) is 0 Å². The Labute approximate surface area is 106 Å². The van der Waals surface area contributed by atoms with Crippen molar-refractivity contribution in [3.63, 3.8) is 0 Å². The SMILES string of the molecule is CC(C)NCc1nc(-n2cccn2)ccc1Cl. The van der Waals surface area contributed by atoms with Crippen LogP contribution in [0.1, 0.15) is 19.5 Å². The van der Waals surface area contributed by atoms with Gasteiger partial charge in [0.15, 0.2) is 5.82 Å². The van der Waals surface area contributed by atoms with Crippen molar-refractivity contribution in [3.8, 4) is 5.82 Å². The van der Waals surface area contributed by atoms with E-state index in [9.17, 15) is 0 Å². The lowest BCUT2D eigenvalue weighted by molar-refractivity contribution is 0.580. The molecule has 0 radical (unpaired) electrons. The van der Waals surface area contributed by atoms with E-state index < -0.39 is 0 Å². The first-order valence-electron chi connectivity index (χ1n) is 5.55. The molecule has 4 nitrogen and oxygen atoms in total. The van der Waals surface area contributed by atoms with Gasteiger partial charge in [0.1, 0.15) is 0 Å². The number of nitrogens with zero attached hydrogens (tertiary/aromatic N) is 3. The Morgan fingerprint density at radius 3 is 2.88 bits per heavy atom. The molecule has 0 aliphatic rings. The standard InChI is InChI=1S/C12H15ClN4/c1-9(2)14-8-11-10(13)4-5-12(16-11)17-7-3-6-15-17/h3-7,9,14H,8H2,1-2H3. The molecular weight excluding hydrogens is 236 g/mol. The number of halogens is 1. The zero-order chi connectivity index (χ0) is 12.3. The topological polar surface area (TPSA) is 42.7 Å². The summed E-state index contributed by atoms with van der Waals surface area (Å²) in [6.07, 6.45) is 3.58. The van der Waals surface area contributed by atoms with Crippen molar-refractivity contribution in [1.82, 2.24) is 20.1 Å². The molecule has 0 bridgehead atoms. The van der Waals surface area contributed by atoms with Gasteiger partial charge in [-0.05, 0) is 18.2 Å². The first kappa shape index (κ1) is 12.1. The highest BCUT2D eigenvalue weighted by atomic mass is 35.5. The average Bonchev–Trinajstić information content (AvgIpc) is 2.81. The van der Waals surface area contributed by atoms with E-state index in [2.05, 4.69) is 29.2 Å². The molecule has 1 N–H and O–H groups in total. The van der Waals surface area contributed by atoms with Crippen molar-refractivity contribution in [2.24, 2.45) is 0 Å². The molecule has 0 aromatic carbocycles. The van der Waals surface area contributed by atoms with Crippen LogP contribution in [0.2, 0.25) is 5.02 Å². The first-order chi connectivity index (χ1) is 8.16. The maximum absolute atomic E-state index is 6.11. The van der Waals surface area contributed by atoms with Crippen molar-refractivity contribution in [2.45, 2.75) is 26.4 Å². The van der Waals surface area contributed by atoms with E-state index >= 15 is 0 Å². The average molecular weight is 251 g/mol. The van der Waals surface area contributed by atoms with Gasteiger partial charge in [0.25, 0.3) is 0 Å². The van der Waals surface area contributed by atoms with Crippen LogP contribution in [0.15, 0.2) is 30.6 Å². The van der Waals surface area contributed by atoms with Gasteiger partial charge in [-0.25, -0.2) is 9.67 Å². The fourth-order valence-electron chi connectivity index (χ4n) is 1.43. The number of nitrogens with one attached hydrogen (secondary N) is 1. The Balaban J connectivity index is 2.23. The minimum atomic E-state index is 0.404. The van der Waals surface area contributed by atoms with Gasteiger partial charge in [-0.2, -0.15) is 5.10 Å². The molecule has 2 aromatic heterocycles. The Bertz CT molecular complexity index is 479. The number of pyridine rings is 1. The molecule has 0 atom stereocenters. The molecule has 2 heterocycles. The lowest BCUT2D eigenvalue weighted by atomic mass is 10.3. The van der Waals surface area contributed by atoms with Gasteiger partial charge in [-0.1, -0.05) is 25.4 Å². The zero-order valence-corrected chi connectivity index (χ0v) is 10.6. The van der Waals surface area contributed by atoms with E-state index in [0.29, 0.717) is 17.6 Å². The highest BCUT2D eigenvalue weighted by Crippen LogP contribution is 2.15. The van der Waals surface area contributed by atoms with Gasteiger partial charge >= 0.3 is 0 Å². The van der Waals surface area contributed by atoms with Crippen LogP contribution in [0.3, 0.4) is 0 Å². The number of hydrogen-bond donors (Lipinski definition) is 1. The van der Waals surface area contributed by atoms with Gasteiger partial charge in [-0.3, -0.25) is 0 Å². The molecule has 0 saturated carbocycles. The summed E-state index contributed by atoms with van der Waals surface area (Å²) in [6, 6.07) is 5.97. The van der Waals surface area contributed by atoms with Crippen molar-refractivity contribution >= 4 is 11.6 Å². The van der Waals surface area contributed by atoms with Crippen molar-refractivity contribution in [2.75, 3.05) is 0 Å². The van der Waals surface area contributed by atoms with Crippen LogP contribution in [-0.4, -0.2) is 20.8 Å². The quantitative estimate of drug-likeness (QED) is 0.906. The van der Waals surface area contributed by atoms with Crippen LogP contribution in [-0.2, 0) is 6.54 Å². The van der Waals surface area contributed by atoms with E-state index in [0.717, 1.165) is 11.5 Å². The van der Waals surface area contributed by atoms with Crippen LogP contribution in [0.5, 0.6) is 0 Å². The van der Waals surface area contributed by atoms with Crippen LogP contribution >= 0.6 is 11.6 Å². The Morgan fingerprint density at radius 2 is 2.24 bits per heavy atom. The van der Waals surface area contributed by atoms with Gasteiger partial charge in [0, 0.05) is 25.0 Å². The van der Waals surface area contributed by atoms with Crippen molar-refractivity contribution in [3.05, 3.63) is 41.3 Å². The van der Waals surface area contributed by atoms with E-state index in [1.54, 1.807) is 10.9 Å². The second kappa shape index (κ2) is 5.29. The third-order valence-corrected chi connectivity index (χ3v) is 2.66. The summed E-state index contributed by atoms with van der Waals surface area (Å²) < 4.78 is 1.72. The zero-order valence-electron chi connectivity index (χ0n) is 9.89. The number of rotatable bonds is 4. The Morgan fingerprint density at radius 1 is 1.41 bits per heavy atom. The lowest BCUT2D eigenvalue weighted by Crippen LogP contribution is -2.22. The second-order valence-electron chi connectivity index (χ2n) is 4.08. The van der Waals surface area contributed by atoms with Crippen LogP contribution in [0, 0.1) is 0 Å². The van der Waals surface area contributed by atoms with Crippen molar-refractivity contribution in [1.29, 1.82) is 0 Å². The summed E-state index contributed by atoms with van der Waals surface area (Å²) in [7, 11) is 0. The minimum Gasteiger partial charge on any atom is -0.309 e. The van der Waals surface area contributed by atoms with Crippen LogP contribution in [0.25, 0.3) is 5.82 Å². The molecule has 0 fully saturated rings. The summed E-state index contributed by atoms with van der Waals surface area (Å²) in [5.41, 5.74) is 0.841. The van der Waals surface area contributed by atoms with Crippen molar-refractivity contribution < 1.29 is 0 Å². The molecule has 2 rings (SSSR count). The molecule has 0 unspecified atom stereocenters. The summed E-state index contributed by atoms with van der Waals surface area (Å²) in [5, 5.41) is 8.12. The van der Waals surface area contributed by atoms with E-state index in [1.807, 2.05) is 24.4 Å². The number of hydrogen-bond acceptors (Lipinski definition) is 3. The maximum Gasteiger partial charge on any atom is 0.153 e. The molecule has 0 spiro atoms. The molecule has 5 heteroatoms. The maximum atomic E-state index is 6.11. The highest BCUT2D eigenvalue weighted by Gasteiger charge is 2.06. The normalized spacial score (nSPS) is 11.1. The largest absolute Gasteiger partial charge is 0.309 e. The third kappa shape index (κ3) is 3.05. The fraction of sp³-hybridized carbons (Fsp3) is 0.333. The van der Waals surface area contributed by atoms with E-state index in [4.69, 9.17) is 11.6 Å². The molecule has 2 aromatic rings. The predicted octanol–water partition coefficient (Wildman–Crippen LogP) is 2.42. The summed E-state index contributed by atoms with van der Waals surface area (Å²) in [4.78, 5) is 4.49. The molecule has 0 amide bonds. The Hall–Kier alpha value is -1.39. The number of aromatic nitrogens is 3. The predicted molar refractivity (Wildman–Crippen MR) is 68.3 cm³/mol. The summed E-state index contributed by atoms with van der Waals surface area (Å²) in [6.45, 7) is 4.84. The van der Waals surface area contributed by atoms with Crippen LogP contribution < -0.4 is 5.32 Å². The minimum absolute atomic E-state index is 0.404. The van der Waals surface area contributed by atoms with Gasteiger partial charge < -0.3 is 5.32 Å². The lowest BCUT2D eigenvalue weighted by Gasteiger charge is -2.10. The smallest absolute Gasteiger partial charge is 0.153 e. The monoisotopic (exact) mass is 250 g/mol. The van der Waals surface area contributed by atoms with Gasteiger partial charge in [-0.15, -0.1) is 0 Å². The highest BCUT2D eigenvalue weighted by molar-refractivity contribution is 6.31. The second-order valence-corrected chi connectivity index (χ2v) is 4.49. The third-order valence-electron chi connectivity index (χ3n) is 2.32. The molecule has 17 heavy (non-hydrogen) atoms. The summed E-state index contributed by atoms with van der Waals surface area (Å²) >= 11 is 6.11. The molecule has 0 aliphatic heterocycles. The molecule has 0 saturated heterocycles. The van der Waals surface area contributed by atoms with E-state index in [-0.39, 0.29) is 0 Å². The van der Waals surface area contributed by atoms with Gasteiger partial charge in [0.05, 0.1) is 10.7 Å². The first-order valence-corrected chi connectivity index (χ1v) is 5.93. The molecular formula is C12H15ClN4.